The van der Waals surface area contributed by atoms with Gasteiger partial charge in [0, 0.05) is 18.2 Å². The summed E-state index contributed by atoms with van der Waals surface area (Å²) in [4.78, 5) is 0. The molecule has 0 saturated carbocycles. The lowest BCUT2D eigenvalue weighted by Gasteiger charge is -2.10. The molecule has 0 saturated heterocycles. The molecule has 2 aromatic carbocycles. The molecular formula is C16H17O3. The van der Waals surface area contributed by atoms with Crippen molar-refractivity contribution in [3.63, 3.8) is 0 Å². The first-order valence-corrected chi connectivity index (χ1v) is 6.17. The van der Waals surface area contributed by atoms with E-state index in [1.54, 1.807) is 7.11 Å². The second-order valence-electron chi connectivity index (χ2n) is 4.24. The molecule has 1 radical (unpaired) electrons. The zero-order chi connectivity index (χ0) is 13.7. The molecule has 0 aromatic heterocycles. The third-order valence-electron chi connectivity index (χ3n) is 2.84. The average molecular weight is 257 g/mol. The molecular weight excluding hydrogens is 240 g/mol. The SMILES string of the molecule is COc1[c]c(C)c(Oc2ccc(CCO)cc2)cc1. The van der Waals surface area contributed by atoms with Crippen molar-refractivity contribution in [1.82, 2.24) is 0 Å². The summed E-state index contributed by atoms with van der Waals surface area (Å²) < 4.78 is 10.9. The molecule has 0 atom stereocenters. The minimum absolute atomic E-state index is 0.159. The molecule has 99 valence electrons. The second kappa shape index (κ2) is 6.25. The highest BCUT2D eigenvalue weighted by atomic mass is 16.5. The summed E-state index contributed by atoms with van der Waals surface area (Å²) in [6, 6.07) is 14.5. The zero-order valence-electron chi connectivity index (χ0n) is 11.1. The van der Waals surface area contributed by atoms with Gasteiger partial charge in [-0.05, 0) is 43.2 Å². The maximum absolute atomic E-state index is 8.86. The third-order valence-corrected chi connectivity index (χ3v) is 2.84. The molecule has 3 heteroatoms. The van der Waals surface area contributed by atoms with Crippen LogP contribution in [-0.4, -0.2) is 18.8 Å². The summed E-state index contributed by atoms with van der Waals surface area (Å²) in [7, 11) is 1.62. The van der Waals surface area contributed by atoms with Gasteiger partial charge in [-0.15, -0.1) is 0 Å². The van der Waals surface area contributed by atoms with E-state index in [2.05, 4.69) is 6.07 Å². The first kappa shape index (κ1) is 13.4. The van der Waals surface area contributed by atoms with E-state index in [0.717, 1.165) is 22.6 Å². The minimum atomic E-state index is 0.159. The summed E-state index contributed by atoms with van der Waals surface area (Å²) in [6.07, 6.45) is 0.662. The Labute approximate surface area is 113 Å². The fraction of sp³-hybridized carbons (Fsp3) is 0.250. The summed E-state index contributed by atoms with van der Waals surface area (Å²) in [5.41, 5.74) is 1.99. The molecule has 0 heterocycles. The lowest BCUT2D eigenvalue weighted by Crippen LogP contribution is -1.92. The van der Waals surface area contributed by atoms with Crippen LogP contribution in [-0.2, 0) is 6.42 Å². The van der Waals surface area contributed by atoms with Gasteiger partial charge in [0.1, 0.15) is 17.2 Å². The van der Waals surface area contributed by atoms with Gasteiger partial charge in [-0.1, -0.05) is 12.1 Å². The van der Waals surface area contributed by atoms with Crippen LogP contribution < -0.4 is 9.47 Å². The Morgan fingerprint density at radius 1 is 1.11 bits per heavy atom. The van der Waals surface area contributed by atoms with E-state index in [-0.39, 0.29) is 6.61 Å². The predicted octanol–water partition coefficient (Wildman–Crippen LogP) is 3.13. The highest BCUT2D eigenvalue weighted by molar-refractivity contribution is 5.41. The molecule has 0 aliphatic carbocycles. The van der Waals surface area contributed by atoms with Crippen molar-refractivity contribution in [2.45, 2.75) is 13.3 Å². The Balaban J connectivity index is 2.12. The van der Waals surface area contributed by atoms with Crippen LogP contribution in [0.25, 0.3) is 0 Å². The topological polar surface area (TPSA) is 38.7 Å². The van der Waals surface area contributed by atoms with Gasteiger partial charge in [0.15, 0.2) is 0 Å². The highest BCUT2D eigenvalue weighted by Crippen LogP contribution is 2.27. The Kier molecular flexibility index (Phi) is 4.42. The smallest absolute Gasteiger partial charge is 0.131 e. The fourth-order valence-corrected chi connectivity index (χ4v) is 1.77. The van der Waals surface area contributed by atoms with Crippen molar-refractivity contribution in [3.05, 3.63) is 53.6 Å². The van der Waals surface area contributed by atoms with Crippen molar-refractivity contribution in [1.29, 1.82) is 0 Å². The Morgan fingerprint density at radius 2 is 1.84 bits per heavy atom. The van der Waals surface area contributed by atoms with Crippen LogP contribution in [0, 0.1) is 13.0 Å². The number of ether oxygens (including phenoxy) is 2. The number of methoxy groups -OCH3 is 1. The van der Waals surface area contributed by atoms with Gasteiger partial charge in [0.25, 0.3) is 0 Å². The molecule has 0 aliphatic heterocycles. The third kappa shape index (κ3) is 3.48. The van der Waals surface area contributed by atoms with Crippen LogP contribution in [0.5, 0.6) is 17.2 Å². The van der Waals surface area contributed by atoms with Gasteiger partial charge in [-0.3, -0.25) is 0 Å². The second-order valence-corrected chi connectivity index (χ2v) is 4.24. The number of benzene rings is 2. The molecule has 0 fully saturated rings. The van der Waals surface area contributed by atoms with Gasteiger partial charge in [-0.25, -0.2) is 0 Å². The Bertz CT molecular complexity index is 532. The molecule has 3 nitrogen and oxygen atoms in total. The standard InChI is InChI=1S/C16H17O3/c1-12-11-15(18-2)7-8-16(12)19-14-5-3-13(4-6-14)9-10-17/h3-8,17H,9-10H2,1-2H3. The summed E-state index contributed by atoms with van der Waals surface area (Å²) in [5.74, 6) is 2.22. The normalized spacial score (nSPS) is 10.3. The monoisotopic (exact) mass is 257 g/mol. The van der Waals surface area contributed by atoms with Gasteiger partial charge in [0.05, 0.1) is 7.11 Å². The fourth-order valence-electron chi connectivity index (χ4n) is 1.77. The number of aliphatic hydroxyl groups excluding tert-OH is 1. The van der Waals surface area contributed by atoms with Crippen molar-refractivity contribution in [3.8, 4) is 17.2 Å². The molecule has 2 aromatic rings. The van der Waals surface area contributed by atoms with Crippen molar-refractivity contribution >= 4 is 0 Å². The van der Waals surface area contributed by atoms with E-state index in [9.17, 15) is 0 Å². The highest BCUT2D eigenvalue weighted by Gasteiger charge is 2.04. The molecule has 0 aliphatic rings. The minimum Gasteiger partial charge on any atom is -0.496 e. The predicted molar refractivity (Wildman–Crippen MR) is 73.9 cm³/mol. The van der Waals surface area contributed by atoms with Crippen LogP contribution in [0.2, 0.25) is 0 Å². The van der Waals surface area contributed by atoms with Gasteiger partial charge in [-0.2, -0.15) is 0 Å². The quantitative estimate of drug-likeness (QED) is 0.894. The largest absolute Gasteiger partial charge is 0.496 e. The van der Waals surface area contributed by atoms with E-state index in [4.69, 9.17) is 14.6 Å². The summed E-state index contributed by atoms with van der Waals surface area (Å²) in [6.45, 7) is 2.09. The van der Waals surface area contributed by atoms with Gasteiger partial charge >= 0.3 is 0 Å². The number of hydrogen-bond donors (Lipinski definition) is 1. The van der Waals surface area contributed by atoms with Crippen molar-refractivity contribution < 1.29 is 14.6 Å². The van der Waals surface area contributed by atoms with E-state index in [1.807, 2.05) is 43.3 Å². The van der Waals surface area contributed by atoms with E-state index < -0.39 is 0 Å². The summed E-state index contributed by atoms with van der Waals surface area (Å²) >= 11 is 0. The first-order chi connectivity index (χ1) is 9.22. The lowest BCUT2D eigenvalue weighted by atomic mass is 10.1. The Morgan fingerprint density at radius 3 is 2.42 bits per heavy atom. The van der Waals surface area contributed by atoms with E-state index >= 15 is 0 Å². The average Bonchev–Trinajstić information content (AvgIpc) is 2.43. The number of rotatable bonds is 5. The number of aryl methyl sites for hydroxylation is 1. The first-order valence-electron chi connectivity index (χ1n) is 6.17. The van der Waals surface area contributed by atoms with Gasteiger partial charge < -0.3 is 14.6 Å². The van der Waals surface area contributed by atoms with Crippen LogP contribution >= 0.6 is 0 Å². The number of aliphatic hydroxyl groups is 1. The van der Waals surface area contributed by atoms with Crippen molar-refractivity contribution in [2.24, 2.45) is 0 Å². The molecule has 0 bridgehead atoms. The maximum atomic E-state index is 8.86. The van der Waals surface area contributed by atoms with Crippen LogP contribution in [0.3, 0.4) is 0 Å². The number of hydrogen-bond acceptors (Lipinski definition) is 3. The van der Waals surface area contributed by atoms with E-state index in [0.29, 0.717) is 12.2 Å². The molecule has 2 rings (SSSR count). The van der Waals surface area contributed by atoms with Gasteiger partial charge in [0.2, 0.25) is 0 Å². The molecule has 0 spiro atoms. The zero-order valence-corrected chi connectivity index (χ0v) is 11.1. The Hall–Kier alpha value is -2.00. The molecule has 19 heavy (non-hydrogen) atoms. The van der Waals surface area contributed by atoms with E-state index in [1.165, 1.54) is 0 Å². The lowest BCUT2D eigenvalue weighted by molar-refractivity contribution is 0.299. The van der Waals surface area contributed by atoms with Crippen LogP contribution in [0.1, 0.15) is 11.1 Å². The van der Waals surface area contributed by atoms with Crippen LogP contribution in [0.4, 0.5) is 0 Å². The van der Waals surface area contributed by atoms with Crippen LogP contribution in [0.15, 0.2) is 36.4 Å². The summed E-state index contributed by atoms with van der Waals surface area (Å²) in [5, 5.41) is 8.86. The maximum Gasteiger partial charge on any atom is 0.131 e. The molecule has 0 amide bonds. The molecule has 0 unspecified atom stereocenters. The van der Waals surface area contributed by atoms with Crippen molar-refractivity contribution in [2.75, 3.05) is 13.7 Å². The molecule has 1 N–H and O–H groups in total.